The molecule has 4 rings (SSSR count). The Morgan fingerprint density at radius 2 is 1.80 bits per heavy atom. The molecular formula is C30H31FN4O4S. The van der Waals surface area contributed by atoms with E-state index in [4.69, 9.17) is 24.3 Å². The van der Waals surface area contributed by atoms with Crippen LogP contribution in [0.5, 0.6) is 17.2 Å². The van der Waals surface area contributed by atoms with Crippen molar-refractivity contribution in [1.82, 2.24) is 4.68 Å². The van der Waals surface area contributed by atoms with Gasteiger partial charge in [-0.15, -0.1) is 11.3 Å². The van der Waals surface area contributed by atoms with E-state index in [9.17, 15) is 9.18 Å². The Morgan fingerprint density at radius 1 is 1.02 bits per heavy atom. The molecule has 40 heavy (non-hydrogen) atoms. The lowest BCUT2D eigenvalue weighted by molar-refractivity contribution is -0.118. The summed E-state index contributed by atoms with van der Waals surface area (Å²) in [5, 5.41) is 9.44. The number of hydrogen-bond acceptors (Lipinski definition) is 7. The van der Waals surface area contributed by atoms with E-state index >= 15 is 0 Å². The van der Waals surface area contributed by atoms with Crippen LogP contribution in [0.3, 0.4) is 0 Å². The van der Waals surface area contributed by atoms with E-state index in [0.29, 0.717) is 29.5 Å². The number of nitrogens with one attached hydrogen (secondary N) is 1. The highest BCUT2D eigenvalue weighted by molar-refractivity contribution is 7.07. The maximum absolute atomic E-state index is 13.5. The number of aromatic nitrogens is 1. The molecule has 0 saturated heterocycles. The van der Waals surface area contributed by atoms with Crippen LogP contribution in [-0.2, 0) is 4.79 Å². The molecule has 0 spiro atoms. The molecule has 0 aliphatic carbocycles. The third-order valence-corrected chi connectivity index (χ3v) is 6.68. The summed E-state index contributed by atoms with van der Waals surface area (Å²) < 4.78 is 31.6. The lowest BCUT2D eigenvalue weighted by atomic mass is 10.2. The van der Waals surface area contributed by atoms with Crippen LogP contribution in [0.4, 0.5) is 10.1 Å². The molecule has 1 amide bonds. The number of unbranched alkanes of at least 4 members (excludes halogenated alkanes) is 1. The Hall–Kier alpha value is -4.44. The molecule has 4 aromatic rings. The van der Waals surface area contributed by atoms with Gasteiger partial charge in [-0.05, 0) is 78.7 Å². The molecule has 8 nitrogen and oxygen atoms in total. The molecule has 0 unspecified atom stereocenters. The molecule has 0 saturated carbocycles. The van der Waals surface area contributed by atoms with Gasteiger partial charge in [-0.25, -0.2) is 9.07 Å². The Balaban J connectivity index is 1.50. The van der Waals surface area contributed by atoms with Crippen LogP contribution in [0.2, 0.25) is 0 Å². The van der Waals surface area contributed by atoms with Gasteiger partial charge in [0, 0.05) is 23.2 Å². The summed E-state index contributed by atoms with van der Waals surface area (Å²) in [7, 11) is 3.12. The van der Waals surface area contributed by atoms with Crippen molar-refractivity contribution in [1.29, 1.82) is 0 Å². The molecule has 10 heteroatoms. The minimum Gasteiger partial charge on any atom is -0.497 e. The van der Waals surface area contributed by atoms with Gasteiger partial charge < -0.3 is 19.5 Å². The van der Waals surface area contributed by atoms with Crippen molar-refractivity contribution in [2.45, 2.75) is 19.8 Å². The summed E-state index contributed by atoms with van der Waals surface area (Å²) >= 11 is 1.48. The third kappa shape index (κ3) is 7.57. The molecule has 0 radical (unpaired) electrons. The topological polar surface area (TPSA) is 86.4 Å². The number of carbonyl (C=O) groups excluding carboxylic acids is 1. The number of methoxy groups -OCH3 is 2. The van der Waals surface area contributed by atoms with Gasteiger partial charge in [0.1, 0.15) is 11.6 Å². The van der Waals surface area contributed by atoms with E-state index in [-0.39, 0.29) is 18.3 Å². The Bertz CT molecular complexity index is 1510. The van der Waals surface area contributed by atoms with Crippen molar-refractivity contribution < 1.29 is 23.4 Å². The summed E-state index contributed by atoms with van der Waals surface area (Å²) in [6.07, 6.45) is 3.71. The highest BCUT2D eigenvalue weighted by Crippen LogP contribution is 2.28. The lowest BCUT2D eigenvalue weighted by Gasteiger charge is -2.12. The SMILES string of the molecule is CCCCN=c1scc(-c2ccc(F)cc2)n1N=Cc1ccc(OCC(=O)Nc2ccc(OC)cc2)c(OC)c1. The van der Waals surface area contributed by atoms with Gasteiger partial charge in [-0.1, -0.05) is 13.3 Å². The van der Waals surface area contributed by atoms with Crippen molar-refractivity contribution in [3.8, 4) is 28.5 Å². The molecule has 1 aromatic heterocycles. The van der Waals surface area contributed by atoms with Gasteiger partial charge in [-0.2, -0.15) is 5.10 Å². The second-order valence-corrected chi connectivity index (χ2v) is 9.51. The normalized spacial score (nSPS) is 11.6. The average molecular weight is 563 g/mol. The fourth-order valence-corrected chi connectivity index (χ4v) is 4.56. The van der Waals surface area contributed by atoms with Crippen LogP contribution in [-0.4, -0.2) is 44.2 Å². The van der Waals surface area contributed by atoms with Crippen LogP contribution in [0.25, 0.3) is 11.3 Å². The first-order chi connectivity index (χ1) is 19.5. The van der Waals surface area contributed by atoms with Crippen LogP contribution < -0.4 is 24.3 Å². The van der Waals surface area contributed by atoms with E-state index in [1.165, 1.54) is 30.6 Å². The van der Waals surface area contributed by atoms with Crippen molar-refractivity contribution in [3.63, 3.8) is 0 Å². The average Bonchev–Trinajstić information content (AvgIpc) is 3.38. The first kappa shape index (κ1) is 28.6. The van der Waals surface area contributed by atoms with Gasteiger partial charge in [0.25, 0.3) is 5.91 Å². The fraction of sp³-hybridized carbons (Fsp3) is 0.233. The number of ether oxygens (including phenoxy) is 3. The van der Waals surface area contributed by atoms with E-state index in [2.05, 4.69) is 12.2 Å². The van der Waals surface area contributed by atoms with Crippen molar-refractivity contribution in [2.24, 2.45) is 10.1 Å². The summed E-state index contributed by atoms with van der Waals surface area (Å²) in [6.45, 7) is 2.62. The number of benzene rings is 3. The summed E-state index contributed by atoms with van der Waals surface area (Å²) in [5.41, 5.74) is 3.04. The largest absolute Gasteiger partial charge is 0.497 e. The molecule has 0 atom stereocenters. The zero-order valence-corrected chi connectivity index (χ0v) is 23.4. The number of thiazole rings is 1. The third-order valence-electron chi connectivity index (χ3n) is 5.83. The van der Waals surface area contributed by atoms with Gasteiger partial charge >= 0.3 is 0 Å². The fourth-order valence-electron chi connectivity index (χ4n) is 3.69. The monoisotopic (exact) mass is 562 g/mol. The van der Waals surface area contributed by atoms with E-state index in [1.54, 1.807) is 66.5 Å². The molecule has 0 fully saturated rings. The number of anilines is 1. The molecule has 1 N–H and O–H groups in total. The van der Waals surface area contributed by atoms with Crippen LogP contribution in [0.15, 0.2) is 82.2 Å². The Morgan fingerprint density at radius 3 is 2.50 bits per heavy atom. The molecule has 3 aromatic carbocycles. The molecule has 1 heterocycles. The minimum absolute atomic E-state index is 0.190. The summed E-state index contributed by atoms with van der Waals surface area (Å²) in [6, 6.07) is 18.6. The predicted octanol–water partition coefficient (Wildman–Crippen LogP) is 5.97. The zero-order valence-electron chi connectivity index (χ0n) is 22.6. The summed E-state index contributed by atoms with van der Waals surface area (Å²) in [4.78, 5) is 17.8. The summed E-state index contributed by atoms with van der Waals surface area (Å²) in [5.74, 6) is 0.987. The van der Waals surface area contributed by atoms with Crippen molar-refractivity contribution in [2.75, 3.05) is 32.7 Å². The van der Waals surface area contributed by atoms with E-state index in [0.717, 1.165) is 34.5 Å². The number of hydrogen-bond donors (Lipinski definition) is 1. The molecule has 0 aliphatic heterocycles. The molecule has 0 aliphatic rings. The zero-order chi connectivity index (χ0) is 28.3. The first-order valence-corrected chi connectivity index (χ1v) is 13.6. The smallest absolute Gasteiger partial charge is 0.262 e. The molecule has 208 valence electrons. The van der Waals surface area contributed by atoms with Gasteiger partial charge in [0.2, 0.25) is 4.80 Å². The van der Waals surface area contributed by atoms with Crippen LogP contribution in [0, 0.1) is 5.82 Å². The van der Waals surface area contributed by atoms with E-state index < -0.39 is 0 Å². The number of halogens is 1. The van der Waals surface area contributed by atoms with Crippen LogP contribution >= 0.6 is 11.3 Å². The number of carbonyl (C=O) groups is 1. The minimum atomic E-state index is -0.306. The maximum Gasteiger partial charge on any atom is 0.262 e. The highest BCUT2D eigenvalue weighted by atomic mass is 32.1. The molecule has 0 bridgehead atoms. The van der Waals surface area contributed by atoms with Crippen LogP contribution in [0.1, 0.15) is 25.3 Å². The lowest BCUT2D eigenvalue weighted by Crippen LogP contribution is -2.20. The Kier molecular flexibility index (Phi) is 10.1. The second-order valence-electron chi connectivity index (χ2n) is 8.68. The number of rotatable bonds is 12. The van der Waals surface area contributed by atoms with Gasteiger partial charge in [0.05, 0.1) is 26.1 Å². The highest BCUT2D eigenvalue weighted by Gasteiger charge is 2.11. The molecular weight excluding hydrogens is 531 g/mol. The van der Waals surface area contributed by atoms with Gasteiger partial charge in [-0.3, -0.25) is 9.79 Å². The number of nitrogens with zero attached hydrogens (tertiary/aromatic N) is 3. The Labute approximate surface area is 236 Å². The second kappa shape index (κ2) is 14.1. The maximum atomic E-state index is 13.5. The standard InChI is InChI=1S/C30H31FN4O4S/c1-4-5-16-32-30-35(26(20-40-30)22-7-9-23(31)10-8-22)33-18-21-6-15-27(28(17-21)38-3)39-19-29(36)34-24-11-13-25(37-2)14-12-24/h6-15,17-18,20H,4-5,16,19H2,1-3H3,(H,34,36). The van der Waals surface area contributed by atoms with E-state index in [1.807, 2.05) is 11.4 Å². The quantitative estimate of drug-likeness (QED) is 0.170. The van der Waals surface area contributed by atoms with Crippen molar-refractivity contribution in [3.05, 3.63) is 88.3 Å². The first-order valence-electron chi connectivity index (χ1n) is 12.8. The van der Waals surface area contributed by atoms with Crippen molar-refractivity contribution >= 4 is 29.1 Å². The number of amides is 1. The predicted molar refractivity (Wildman–Crippen MR) is 156 cm³/mol. The van der Waals surface area contributed by atoms with Gasteiger partial charge in [0.15, 0.2) is 18.1 Å².